The van der Waals surface area contributed by atoms with Gasteiger partial charge < -0.3 is 4.90 Å². The van der Waals surface area contributed by atoms with Crippen LogP contribution in [0.3, 0.4) is 0 Å². The fourth-order valence-corrected chi connectivity index (χ4v) is 4.52. The van der Waals surface area contributed by atoms with E-state index in [0.717, 1.165) is 61.5 Å². The minimum Gasteiger partial charge on any atom is -0.342 e. The van der Waals surface area contributed by atoms with Gasteiger partial charge in [-0.2, -0.15) is 9.61 Å². The number of likely N-dealkylation sites (tertiary alicyclic amines) is 1. The summed E-state index contributed by atoms with van der Waals surface area (Å²) in [4.78, 5) is 18.9. The van der Waals surface area contributed by atoms with Crippen molar-refractivity contribution in [1.29, 1.82) is 0 Å². The van der Waals surface area contributed by atoms with Crippen LogP contribution in [-0.4, -0.2) is 48.7 Å². The molecule has 3 aromatic heterocycles. The third-order valence-corrected chi connectivity index (χ3v) is 6.12. The zero-order chi connectivity index (χ0) is 18.9. The maximum absolute atomic E-state index is 12.7. The van der Waals surface area contributed by atoms with E-state index in [9.17, 15) is 4.79 Å². The number of hydrogen-bond acceptors (Lipinski definition) is 5. The summed E-state index contributed by atoms with van der Waals surface area (Å²) in [7, 11) is 0. The second-order valence-electron chi connectivity index (χ2n) is 7.87. The number of fused-ring (bicyclic) bond motifs is 1. The molecule has 1 amide bonds. The first kappa shape index (κ1) is 17.3. The van der Waals surface area contributed by atoms with Gasteiger partial charge in [0.1, 0.15) is 0 Å². The molecule has 0 aromatic carbocycles. The Morgan fingerprint density at radius 1 is 1.00 bits per heavy atom. The third-order valence-electron chi connectivity index (χ3n) is 6.12. The molecule has 0 atom stereocenters. The Bertz CT molecular complexity index is 971. The summed E-state index contributed by atoms with van der Waals surface area (Å²) in [6.07, 6.45) is 9.92. The standard InChI is InChI=1S/C21H24N6O/c28-21(16-4-1-2-5-16)26-12-9-15(10-13-26)20-24-23-19-8-7-18(25-27(19)20)17-6-3-11-22-14-17/h3,6-8,11,14-16H,1-2,4-5,9-10,12-13H2. The Labute approximate surface area is 163 Å². The Morgan fingerprint density at radius 3 is 2.57 bits per heavy atom. The Hall–Kier alpha value is -2.83. The Kier molecular flexibility index (Phi) is 4.50. The molecule has 1 aliphatic heterocycles. The normalized spacial score (nSPS) is 18.8. The van der Waals surface area contributed by atoms with Crippen molar-refractivity contribution in [3.63, 3.8) is 0 Å². The van der Waals surface area contributed by atoms with Crippen molar-refractivity contribution in [3.8, 4) is 11.3 Å². The van der Waals surface area contributed by atoms with Gasteiger partial charge in [0.2, 0.25) is 5.91 Å². The molecule has 0 bridgehead atoms. The van der Waals surface area contributed by atoms with Crippen molar-refractivity contribution in [2.45, 2.75) is 44.4 Å². The molecule has 28 heavy (non-hydrogen) atoms. The van der Waals surface area contributed by atoms with Crippen molar-refractivity contribution in [2.75, 3.05) is 13.1 Å². The number of carbonyl (C=O) groups excluding carboxylic acids is 1. The Balaban J connectivity index is 1.35. The van der Waals surface area contributed by atoms with Gasteiger partial charge in [-0.25, -0.2) is 0 Å². The molecule has 1 aliphatic carbocycles. The fraction of sp³-hybridized carbons (Fsp3) is 0.476. The average Bonchev–Trinajstić information content (AvgIpc) is 3.44. The molecule has 2 fully saturated rings. The maximum Gasteiger partial charge on any atom is 0.225 e. The van der Waals surface area contributed by atoms with E-state index in [2.05, 4.69) is 20.1 Å². The molecule has 7 heteroatoms. The van der Waals surface area contributed by atoms with Crippen LogP contribution in [0.2, 0.25) is 0 Å². The van der Waals surface area contributed by atoms with Crippen molar-refractivity contribution in [3.05, 3.63) is 42.5 Å². The van der Waals surface area contributed by atoms with Crippen LogP contribution in [0.25, 0.3) is 16.9 Å². The molecule has 0 N–H and O–H groups in total. The van der Waals surface area contributed by atoms with Gasteiger partial charge in [-0.05, 0) is 49.9 Å². The van der Waals surface area contributed by atoms with E-state index in [1.54, 1.807) is 6.20 Å². The van der Waals surface area contributed by atoms with Gasteiger partial charge in [-0.15, -0.1) is 10.2 Å². The maximum atomic E-state index is 12.7. The molecule has 3 aromatic rings. The number of nitrogens with zero attached hydrogens (tertiary/aromatic N) is 6. The molecule has 0 radical (unpaired) electrons. The van der Waals surface area contributed by atoms with Crippen molar-refractivity contribution >= 4 is 11.6 Å². The first-order valence-corrected chi connectivity index (χ1v) is 10.2. The van der Waals surface area contributed by atoms with Crippen molar-refractivity contribution in [2.24, 2.45) is 5.92 Å². The summed E-state index contributed by atoms with van der Waals surface area (Å²) in [6.45, 7) is 1.61. The number of aromatic nitrogens is 5. The molecule has 144 valence electrons. The smallest absolute Gasteiger partial charge is 0.225 e. The van der Waals surface area contributed by atoms with Crippen molar-refractivity contribution in [1.82, 2.24) is 29.7 Å². The molecule has 0 unspecified atom stereocenters. The molecular formula is C21H24N6O. The van der Waals surface area contributed by atoms with E-state index in [1.165, 1.54) is 12.8 Å². The van der Waals surface area contributed by atoms with E-state index >= 15 is 0 Å². The molecule has 7 nitrogen and oxygen atoms in total. The second-order valence-corrected chi connectivity index (χ2v) is 7.87. The molecule has 1 saturated carbocycles. The minimum atomic E-state index is 0.258. The molecule has 5 rings (SSSR count). The summed E-state index contributed by atoms with van der Waals surface area (Å²) in [5.74, 6) is 1.79. The molecule has 0 spiro atoms. The van der Waals surface area contributed by atoms with Gasteiger partial charge in [0.15, 0.2) is 11.5 Å². The summed E-state index contributed by atoms with van der Waals surface area (Å²) in [5, 5.41) is 13.5. The number of hydrogen-bond donors (Lipinski definition) is 0. The number of amides is 1. The first-order valence-electron chi connectivity index (χ1n) is 10.2. The van der Waals surface area contributed by atoms with Crippen LogP contribution in [0.4, 0.5) is 0 Å². The van der Waals surface area contributed by atoms with Gasteiger partial charge in [-0.3, -0.25) is 9.78 Å². The molecule has 1 saturated heterocycles. The van der Waals surface area contributed by atoms with Gasteiger partial charge in [0, 0.05) is 42.9 Å². The van der Waals surface area contributed by atoms with E-state index in [1.807, 2.05) is 35.0 Å². The van der Waals surface area contributed by atoms with Gasteiger partial charge >= 0.3 is 0 Å². The summed E-state index contributed by atoms with van der Waals surface area (Å²) in [5.41, 5.74) is 2.59. The van der Waals surface area contributed by atoms with Crippen LogP contribution >= 0.6 is 0 Å². The van der Waals surface area contributed by atoms with E-state index < -0.39 is 0 Å². The highest BCUT2D eigenvalue weighted by Crippen LogP contribution is 2.31. The van der Waals surface area contributed by atoms with Gasteiger partial charge in [0.25, 0.3) is 0 Å². The average molecular weight is 376 g/mol. The lowest BCUT2D eigenvalue weighted by molar-refractivity contribution is -0.136. The lowest BCUT2D eigenvalue weighted by Gasteiger charge is -2.32. The van der Waals surface area contributed by atoms with Crippen LogP contribution in [-0.2, 0) is 4.79 Å². The second kappa shape index (κ2) is 7.30. The van der Waals surface area contributed by atoms with E-state index in [-0.39, 0.29) is 11.8 Å². The molecular weight excluding hydrogens is 352 g/mol. The van der Waals surface area contributed by atoms with Crippen LogP contribution in [0.1, 0.15) is 50.3 Å². The largest absolute Gasteiger partial charge is 0.342 e. The lowest BCUT2D eigenvalue weighted by atomic mass is 9.94. The predicted octanol–water partition coefficient (Wildman–Crippen LogP) is 3.08. The van der Waals surface area contributed by atoms with Crippen LogP contribution in [0, 0.1) is 5.92 Å². The number of carbonyl (C=O) groups is 1. The number of rotatable bonds is 3. The summed E-state index contributed by atoms with van der Waals surface area (Å²) in [6, 6.07) is 7.81. The fourth-order valence-electron chi connectivity index (χ4n) is 4.52. The number of pyridine rings is 1. The monoisotopic (exact) mass is 376 g/mol. The highest BCUT2D eigenvalue weighted by molar-refractivity contribution is 5.79. The van der Waals surface area contributed by atoms with E-state index in [4.69, 9.17) is 5.10 Å². The zero-order valence-electron chi connectivity index (χ0n) is 15.9. The highest BCUT2D eigenvalue weighted by Gasteiger charge is 2.31. The third kappa shape index (κ3) is 3.15. The Morgan fingerprint density at radius 2 is 1.82 bits per heavy atom. The highest BCUT2D eigenvalue weighted by atomic mass is 16.2. The lowest BCUT2D eigenvalue weighted by Crippen LogP contribution is -2.41. The number of piperidine rings is 1. The minimum absolute atomic E-state index is 0.258. The van der Waals surface area contributed by atoms with Crippen molar-refractivity contribution < 1.29 is 4.79 Å². The topological polar surface area (TPSA) is 76.3 Å². The molecule has 2 aliphatic rings. The van der Waals surface area contributed by atoms with E-state index in [0.29, 0.717) is 5.91 Å². The zero-order valence-corrected chi connectivity index (χ0v) is 15.9. The first-order chi connectivity index (χ1) is 13.8. The van der Waals surface area contributed by atoms with Crippen LogP contribution in [0.15, 0.2) is 36.7 Å². The SMILES string of the molecule is O=C(C1CCCC1)N1CCC(c2nnc3ccc(-c4cccnc4)nn23)CC1. The van der Waals surface area contributed by atoms with Crippen LogP contribution in [0.5, 0.6) is 0 Å². The van der Waals surface area contributed by atoms with Crippen LogP contribution < -0.4 is 0 Å². The van der Waals surface area contributed by atoms with Gasteiger partial charge in [0.05, 0.1) is 5.69 Å². The quantitative estimate of drug-likeness (QED) is 0.702. The molecule has 4 heterocycles. The summed E-state index contributed by atoms with van der Waals surface area (Å²) < 4.78 is 1.86. The van der Waals surface area contributed by atoms with Gasteiger partial charge in [-0.1, -0.05) is 12.8 Å². The predicted molar refractivity (Wildman–Crippen MR) is 105 cm³/mol. The summed E-state index contributed by atoms with van der Waals surface area (Å²) >= 11 is 0.